The number of esters is 2. The van der Waals surface area contributed by atoms with Crippen molar-refractivity contribution in [1.82, 2.24) is 0 Å². The minimum Gasteiger partial charge on any atom is -0.462 e. The van der Waals surface area contributed by atoms with Gasteiger partial charge in [-0.3, -0.25) is 4.79 Å². The molecule has 0 aliphatic rings. The van der Waals surface area contributed by atoms with Crippen molar-refractivity contribution < 1.29 is 41.4 Å². The Kier molecular flexibility index (Phi) is 9.11. The maximum Gasteiger partial charge on any atom is 0.345 e. The van der Waals surface area contributed by atoms with Gasteiger partial charge in [-0.15, -0.1) is 0 Å². The summed E-state index contributed by atoms with van der Waals surface area (Å²) in [5.41, 5.74) is -2.09. The summed E-state index contributed by atoms with van der Waals surface area (Å²) in [5.74, 6) is -12.2. The molecular weight excluding hydrogens is 868 g/mol. The lowest BCUT2D eigenvalue weighted by molar-refractivity contribution is 0.0514. The third kappa shape index (κ3) is 4.71. The van der Waals surface area contributed by atoms with Crippen molar-refractivity contribution in [3.63, 3.8) is 0 Å². The standard InChI is InChI=1S/C17H6F4I4O5/c1-2-29-16(27)5-6(12(23)14(25)13(24)11(5)22)17(28)30-15-9(20)7(18)4(3-26)8(19)10(15)21/h3H,2H2,1H3. The van der Waals surface area contributed by atoms with E-state index in [1.165, 1.54) is 6.92 Å². The van der Waals surface area contributed by atoms with Crippen LogP contribution in [0.2, 0.25) is 0 Å². The van der Waals surface area contributed by atoms with E-state index in [4.69, 9.17) is 4.74 Å². The molecule has 2 rings (SSSR count). The first-order valence-electron chi connectivity index (χ1n) is 7.55. The van der Waals surface area contributed by atoms with Crippen LogP contribution in [0.15, 0.2) is 0 Å². The number of halogens is 8. The molecule has 0 amide bonds. The van der Waals surface area contributed by atoms with Gasteiger partial charge in [-0.25, -0.2) is 18.4 Å². The Morgan fingerprint density at radius 2 is 1.23 bits per heavy atom. The largest absolute Gasteiger partial charge is 0.462 e. The molecule has 5 nitrogen and oxygen atoms in total. The summed E-state index contributed by atoms with van der Waals surface area (Å²) in [7, 11) is 0. The smallest absolute Gasteiger partial charge is 0.345 e. The normalized spacial score (nSPS) is 10.7. The molecule has 0 saturated heterocycles. The second kappa shape index (κ2) is 10.5. The Balaban J connectivity index is 2.72. The predicted molar refractivity (Wildman–Crippen MR) is 130 cm³/mol. The maximum atomic E-state index is 14.2. The summed E-state index contributed by atoms with van der Waals surface area (Å²) in [6, 6.07) is 0. The molecule has 0 heterocycles. The Hall–Kier alpha value is -0.310. The highest BCUT2D eigenvalue weighted by Gasteiger charge is 2.33. The molecule has 2 aromatic carbocycles. The predicted octanol–water partition coefficient (Wildman–Crippen LogP) is 5.87. The highest BCUT2D eigenvalue weighted by atomic mass is 127. The van der Waals surface area contributed by atoms with E-state index in [0.717, 1.165) is 0 Å². The van der Waals surface area contributed by atoms with Gasteiger partial charge in [0.2, 0.25) is 17.4 Å². The van der Waals surface area contributed by atoms with Gasteiger partial charge in [-0.05, 0) is 97.3 Å². The molecule has 0 aromatic heterocycles. The molecular formula is C17H6F4I4O5. The molecule has 0 aliphatic heterocycles. The van der Waals surface area contributed by atoms with Gasteiger partial charge in [-0.1, -0.05) is 0 Å². The fourth-order valence-corrected chi connectivity index (χ4v) is 5.81. The number of hydrogen-bond acceptors (Lipinski definition) is 5. The number of carbonyl (C=O) groups excluding carboxylic acids is 3. The fourth-order valence-electron chi connectivity index (χ4n) is 2.18. The summed E-state index contributed by atoms with van der Waals surface area (Å²) < 4.78 is 67.2. The summed E-state index contributed by atoms with van der Waals surface area (Å²) in [6.45, 7) is 1.52. The number of ether oxygens (including phenoxy) is 2. The lowest BCUT2D eigenvalue weighted by Gasteiger charge is -2.16. The van der Waals surface area contributed by atoms with Gasteiger partial charge < -0.3 is 9.47 Å². The van der Waals surface area contributed by atoms with E-state index < -0.39 is 52.8 Å². The van der Waals surface area contributed by atoms with Crippen LogP contribution in [0.5, 0.6) is 5.75 Å². The number of carbonyl (C=O) groups is 3. The van der Waals surface area contributed by atoms with Crippen molar-refractivity contribution in [2.45, 2.75) is 6.92 Å². The number of rotatable bonds is 5. The van der Waals surface area contributed by atoms with Crippen LogP contribution in [0.25, 0.3) is 0 Å². The fraction of sp³-hybridized carbons (Fsp3) is 0.118. The molecule has 0 N–H and O–H groups in total. The lowest BCUT2D eigenvalue weighted by Crippen LogP contribution is -2.22. The molecule has 0 bridgehead atoms. The SMILES string of the molecule is CCOC(=O)c1c(I)c(I)c(I)c(I)c1C(=O)Oc1c(F)c(F)c(C=O)c(F)c1F. The van der Waals surface area contributed by atoms with E-state index >= 15 is 0 Å². The van der Waals surface area contributed by atoms with Gasteiger partial charge in [0.25, 0.3) is 0 Å². The van der Waals surface area contributed by atoms with E-state index in [1.54, 1.807) is 45.2 Å². The van der Waals surface area contributed by atoms with Gasteiger partial charge in [-0.2, -0.15) is 8.78 Å². The molecule has 30 heavy (non-hydrogen) atoms. The highest BCUT2D eigenvalue weighted by Crippen LogP contribution is 2.35. The van der Waals surface area contributed by atoms with Gasteiger partial charge in [0.1, 0.15) is 0 Å². The highest BCUT2D eigenvalue weighted by molar-refractivity contribution is 14.1. The van der Waals surface area contributed by atoms with Crippen LogP contribution in [-0.2, 0) is 4.74 Å². The first-order valence-corrected chi connectivity index (χ1v) is 11.9. The van der Waals surface area contributed by atoms with Crippen LogP contribution in [0.3, 0.4) is 0 Å². The van der Waals surface area contributed by atoms with Crippen LogP contribution in [-0.4, -0.2) is 24.8 Å². The summed E-state index contributed by atoms with van der Waals surface area (Å²) in [4.78, 5) is 35.9. The molecule has 0 fully saturated rings. The van der Waals surface area contributed by atoms with Crippen molar-refractivity contribution >= 4 is 109 Å². The number of benzene rings is 2. The van der Waals surface area contributed by atoms with E-state index in [2.05, 4.69) is 4.74 Å². The topological polar surface area (TPSA) is 69.7 Å². The van der Waals surface area contributed by atoms with E-state index in [1.807, 2.05) is 45.2 Å². The van der Waals surface area contributed by atoms with Gasteiger partial charge in [0.05, 0.1) is 23.3 Å². The molecule has 13 heteroatoms. The monoisotopic (exact) mass is 874 g/mol. The second-order valence-electron chi connectivity index (χ2n) is 5.23. The van der Waals surface area contributed by atoms with E-state index in [0.29, 0.717) is 10.7 Å². The minimum atomic E-state index is -2.06. The van der Waals surface area contributed by atoms with Crippen molar-refractivity contribution in [1.29, 1.82) is 0 Å². The average Bonchev–Trinajstić information content (AvgIpc) is 2.71. The Bertz CT molecular complexity index is 1060. The lowest BCUT2D eigenvalue weighted by atomic mass is 10.1. The Morgan fingerprint density at radius 3 is 1.63 bits per heavy atom. The molecule has 0 unspecified atom stereocenters. The van der Waals surface area contributed by atoms with Gasteiger partial charge >= 0.3 is 11.9 Å². The molecule has 0 atom stereocenters. The molecule has 0 spiro atoms. The third-order valence-electron chi connectivity index (χ3n) is 3.52. The zero-order chi connectivity index (χ0) is 22.9. The van der Waals surface area contributed by atoms with Gasteiger partial charge in [0.15, 0.2) is 17.9 Å². The minimum absolute atomic E-state index is 0.0185. The van der Waals surface area contributed by atoms with Crippen molar-refractivity contribution in [2.24, 2.45) is 0 Å². The molecule has 0 radical (unpaired) electrons. The Morgan fingerprint density at radius 1 is 0.800 bits per heavy atom. The van der Waals surface area contributed by atoms with Crippen LogP contribution in [0.1, 0.15) is 38.0 Å². The molecule has 2 aromatic rings. The van der Waals surface area contributed by atoms with Crippen LogP contribution >= 0.6 is 90.4 Å². The van der Waals surface area contributed by atoms with Crippen LogP contribution in [0.4, 0.5) is 17.6 Å². The van der Waals surface area contributed by atoms with Crippen molar-refractivity contribution in [2.75, 3.05) is 6.61 Å². The number of hydrogen-bond donors (Lipinski definition) is 0. The quantitative estimate of drug-likeness (QED) is 0.0716. The summed E-state index contributed by atoms with van der Waals surface area (Å²) >= 11 is 7.36. The zero-order valence-corrected chi connectivity index (χ0v) is 23.0. The van der Waals surface area contributed by atoms with Crippen molar-refractivity contribution in [3.8, 4) is 5.75 Å². The third-order valence-corrected chi connectivity index (χ3v) is 10.9. The first-order chi connectivity index (χ1) is 14.0. The second-order valence-corrected chi connectivity index (χ2v) is 9.55. The maximum absolute atomic E-state index is 14.2. The summed E-state index contributed by atoms with van der Waals surface area (Å²) in [6.07, 6.45) is -0.409. The Labute approximate surface area is 221 Å². The van der Waals surface area contributed by atoms with Crippen LogP contribution < -0.4 is 4.74 Å². The average molecular weight is 874 g/mol. The molecule has 0 saturated carbocycles. The zero-order valence-electron chi connectivity index (χ0n) is 14.3. The summed E-state index contributed by atoms with van der Waals surface area (Å²) in [5, 5.41) is 0. The van der Waals surface area contributed by atoms with Crippen LogP contribution in [0, 0.1) is 37.5 Å². The van der Waals surface area contributed by atoms with Gasteiger partial charge in [0, 0.05) is 14.3 Å². The molecule has 160 valence electrons. The van der Waals surface area contributed by atoms with E-state index in [-0.39, 0.29) is 21.3 Å². The number of aldehydes is 1. The molecule has 0 aliphatic carbocycles. The van der Waals surface area contributed by atoms with Crippen molar-refractivity contribution in [3.05, 3.63) is 54.2 Å². The van der Waals surface area contributed by atoms with E-state index in [9.17, 15) is 31.9 Å². The first kappa shape index (κ1) is 25.9.